The number of hydrogen-bond acceptors (Lipinski definition) is 2. The SMILES string of the molecule is Cc1cc(C(=NCCCc2ccccn2)N(C)C)c2c(C)ccc(C(C)C)cc1-2. The highest BCUT2D eigenvalue weighted by atomic mass is 15.1. The number of rotatable bonds is 6. The molecule has 0 N–H and O–H groups in total. The quantitative estimate of drug-likeness (QED) is 0.301. The van der Waals surface area contributed by atoms with E-state index in [1.807, 2.05) is 18.3 Å². The van der Waals surface area contributed by atoms with Crippen molar-refractivity contribution >= 4 is 5.84 Å². The van der Waals surface area contributed by atoms with Crippen LogP contribution in [0.1, 0.15) is 54.1 Å². The normalized spacial score (nSPS) is 12.0. The third-order valence-corrected chi connectivity index (χ3v) is 5.47. The third kappa shape index (κ3) is 4.84. The number of aryl methyl sites for hydroxylation is 3. The van der Waals surface area contributed by atoms with E-state index < -0.39 is 0 Å². The summed E-state index contributed by atoms with van der Waals surface area (Å²) in [4.78, 5) is 11.6. The summed E-state index contributed by atoms with van der Waals surface area (Å²) in [5.41, 5.74) is 9.04. The summed E-state index contributed by atoms with van der Waals surface area (Å²) in [6, 6.07) is 15.3. The van der Waals surface area contributed by atoms with Crippen molar-refractivity contribution in [3.8, 4) is 11.1 Å². The second kappa shape index (κ2) is 9.21. The summed E-state index contributed by atoms with van der Waals surface area (Å²) in [5.74, 6) is 1.57. The maximum absolute atomic E-state index is 5.01. The van der Waals surface area contributed by atoms with Crippen LogP contribution in [0.4, 0.5) is 0 Å². The first kappa shape index (κ1) is 21.0. The lowest BCUT2D eigenvalue weighted by Gasteiger charge is -2.17. The fraction of sp³-hybridized carbons (Fsp3) is 0.385. The van der Waals surface area contributed by atoms with E-state index in [4.69, 9.17) is 4.99 Å². The van der Waals surface area contributed by atoms with Crippen LogP contribution < -0.4 is 0 Å². The third-order valence-electron chi connectivity index (χ3n) is 5.47. The van der Waals surface area contributed by atoms with Gasteiger partial charge in [0.25, 0.3) is 0 Å². The molecule has 3 rings (SSSR count). The Labute approximate surface area is 175 Å². The van der Waals surface area contributed by atoms with Gasteiger partial charge in [-0.1, -0.05) is 38.1 Å². The monoisotopic (exact) mass is 387 g/mol. The Morgan fingerprint density at radius 3 is 2.48 bits per heavy atom. The van der Waals surface area contributed by atoms with E-state index in [0.717, 1.165) is 30.9 Å². The topological polar surface area (TPSA) is 28.5 Å². The van der Waals surface area contributed by atoms with Gasteiger partial charge >= 0.3 is 0 Å². The predicted octanol–water partition coefficient (Wildman–Crippen LogP) is 5.87. The molecule has 2 aliphatic carbocycles. The summed E-state index contributed by atoms with van der Waals surface area (Å²) in [5, 5.41) is 0. The van der Waals surface area contributed by atoms with Crippen molar-refractivity contribution < 1.29 is 0 Å². The zero-order valence-electron chi connectivity index (χ0n) is 18.7. The Morgan fingerprint density at radius 1 is 1.03 bits per heavy atom. The van der Waals surface area contributed by atoms with Crippen LogP contribution >= 0.6 is 0 Å². The molecule has 0 saturated heterocycles. The summed E-state index contributed by atoms with van der Waals surface area (Å²) in [6.07, 6.45) is 3.81. The Kier molecular flexibility index (Phi) is 6.68. The molecule has 0 amide bonds. The molecule has 0 aromatic carbocycles. The van der Waals surface area contributed by atoms with Crippen LogP contribution in [0.25, 0.3) is 11.1 Å². The van der Waals surface area contributed by atoms with Crippen molar-refractivity contribution in [2.24, 2.45) is 4.99 Å². The van der Waals surface area contributed by atoms with Gasteiger partial charge in [-0.05, 0) is 78.6 Å². The first-order valence-electron chi connectivity index (χ1n) is 10.5. The van der Waals surface area contributed by atoms with E-state index in [1.54, 1.807) is 0 Å². The second-order valence-electron chi connectivity index (χ2n) is 8.37. The van der Waals surface area contributed by atoms with Crippen molar-refractivity contribution in [3.63, 3.8) is 0 Å². The van der Waals surface area contributed by atoms with Gasteiger partial charge in [0.05, 0.1) is 0 Å². The van der Waals surface area contributed by atoms with Crippen LogP contribution in [-0.2, 0) is 6.42 Å². The maximum Gasteiger partial charge on any atom is 0.131 e. The van der Waals surface area contributed by atoms with Crippen molar-refractivity contribution in [3.05, 3.63) is 76.6 Å². The lowest BCUT2D eigenvalue weighted by Crippen LogP contribution is -2.23. The number of aromatic nitrogens is 1. The lowest BCUT2D eigenvalue weighted by molar-refractivity contribution is 0.617. The molecule has 0 unspecified atom stereocenters. The fourth-order valence-corrected chi connectivity index (χ4v) is 3.83. The Hall–Kier alpha value is -2.68. The number of amidine groups is 1. The second-order valence-corrected chi connectivity index (χ2v) is 8.37. The van der Waals surface area contributed by atoms with E-state index in [9.17, 15) is 0 Å². The highest BCUT2D eigenvalue weighted by molar-refractivity contribution is 6.07. The molecule has 29 heavy (non-hydrogen) atoms. The first-order valence-corrected chi connectivity index (χ1v) is 10.5. The molecule has 1 aromatic rings. The van der Waals surface area contributed by atoms with Gasteiger partial charge in [0.2, 0.25) is 0 Å². The van der Waals surface area contributed by atoms with Gasteiger partial charge in [-0.2, -0.15) is 0 Å². The molecule has 3 nitrogen and oxygen atoms in total. The molecule has 0 spiro atoms. The van der Waals surface area contributed by atoms with E-state index in [2.05, 4.69) is 82.0 Å². The molecule has 2 aliphatic rings. The standard InChI is InChI=1S/C26H33N3/c1-18(2)21-13-12-19(3)25-23(17-21)20(4)16-24(25)26(29(5)6)28-15-9-11-22-10-7-8-14-27-22/h7-8,10,12-14,16-18H,9,11,15H2,1-6H3. The Bertz CT molecular complexity index is 955. The van der Waals surface area contributed by atoms with Gasteiger partial charge in [0.1, 0.15) is 5.84 Å². The molecule has 1 aromatic heterocycles. The number of pyridine rings is 1. The minimum atomic E-state index is 0.510. The minimum Gasteiger partial charge on any atom is -0.363 e. The number of fused-ring (bicyclic) bond motifs is 1. The minimum absolute atomic E-state index is 0.510. The molecule has 0 saturated carbocycles. The largest absolute Gasteiger partial charge is 0.363 e. The zero-order valence-corrected chi connectivity index (χ0v) is 18.7. The van der Waals surface area contributed by atoms with E-state index in [1.165, 1.54) is 33.4 Å². The van der Waals surface area contributed by atoms with Crippen LogP contribution in [0.5, 0.6) is 0 Å². The molecule has 152 valence electrons. The molecule has 0 aliphatic heterocycles. The summed E-state index contributed by atoms with van der Waals surface area (Å²) in [6.45, 7) is 9.73. The van der Waals surface area contributed by atoms with Crippen molar-refractivity contribution in [2.45, 2.75) is 46.5 Å². The molecule has 0 radical (unpaired) electrons. The van der Waals surface area contributed by atoms with Crippen molar-refractivity contribution in [2.75, 3.05) is 20.6 Å². The Balaban J connectivity index is 1.92. The van der Waals surface area contributed by atoms with E-state index >= 15 is 0 Å². The van der Waals surface area contributed by atoms with Gasteiger partial charge in [0, 0.05) is 38.1 Å². The number of aliphatic imine (C=N–C) groups is 1. The molecule has 0 bridgehead atoms. The van der Waals surface area contributed by atoms with Gasteiger partial charge in [-0.15, -0.1) is 0 Å². The van der Waals surface area contributed by atoms with Gasteiger partial charge < -0.3 is 4.90 Å². The highest BCUT2D eigenvalue weighted by Crippen LogP contribution is 2.36. The van der Waals surface area contributed by atoms with Gasteiger partial charge in [0.15, 0.2) is 0 Å². The predicted molar refractivity (Wildman–Crippen MR) is 124 cm³/mol. The van der Waals surface area contributed by atoms with E-state index in [-0.39, 0.29) is 0 Å². The highest BCUT2D eigenvalue weighted by Gasteiger charge is 2.20. The Morgan fingerprint density at radius 2 is 1.83 bits per heavy atom. The fourth-order valence-electron chi connectivity index (χ4n) is 3.83. The van der Waals surface area contributed by atoms with Crippen LogP contribution in [0, 0.1) is 13.8 Å². The molecular weight excluding hydrogens is 354 g/mol. The average Bonchev–Trinajstić information content (AvgIpc) is 2.89. The van der Waals surface area contributed by atoms with E-state index in [0.29, 0.717) is 5.92 Å². The summed E-state index contributed by atoms with van der Waals surface area (Å²) < 4.78 is 0. The van der Waals surface area contributed by atoms with Crippen LogP contribution in [0.3, 0.4) is 0 Å². The lowest BCUT2D eigenvalue weighted by atomic mass is 10.00. The molecular formula is C26H33N3. The maximum atomic E-state index is 5.01. The average molecular weight is 388 g/mol. The molecule has 0 fully saturated rings. The van der Waals surface area contributed by atoms with Gasteiger partial charge in [-0.3, -0.25) is 9.98 Å². The van der Waals surface area contributed by atoms with Gasteiger partial charge in [-0.25, -0.2) is 0 Å². The summed E-state index contributed by atoms with van der Waals surface area (Å²) >= 11 is 0. The summed E-state index contributed by atoms with van der Waals surface area (Å²) in [7, 11) is 4.17. The number of nitrogens with zero attached hydrogens (tertiary/aromatic N) is 3. The molecule has 3 heteroatoms. The van der Waals surface area contributed by atoms with Crippen molar-refractivity contribution in [1.29, 1.82) is 0 Å². The van der Waals surface area contributed by atoms with Crippen LogP contribution in [-0.4, -0.2) is 36.4 Å². The molecule has 0 atom stereocenters. The zero-order chi connectivity index (χ0) is 21.0. The number of hydrogen-bond donors (Lipinski definition) is 0. The molecule has 1 heterocycles. The smallest absolute Gasteiger partial charge is 0.131 e. The van der Waals surface area contributed by atoms with Crippen LogP contribution in [0.15, 0.2) is 53.7 Å². The first-order chi connectivity index (χ1) is 13.9. The van der Waals surface area contributed by atoms with Crippen LogP contribution in [0.2, 0.25) is 0 Å². The van der Waals surface area contributed by atoms with Crippen molar-refractivity contribution in [1.82, 2.24) is 9.88 Å².